The van der Waals surface area contributed by atoms with Crippen molar-refractivity contribution in [3.05, 3.63) is 64.3 Å². The van der Waals surface area contributed by atoms with Gasteiger partial charge in [0.2, 0.25) is 0 Å². The Kier molecular flexibility index (Phi) is 7.48. The molecule has 0 atom stereocenters. The molecule has 5 nitrogen and oxygen atoms in total. The number of halogens is 1. The molecule has 1 heterocycles. The van der Waals surface area contributed by atoms with Gasteiger partial charge >= 0.3 is 0 Å². The van der Waals surface area contributed by atoms with Crippen LogP contribution in [0.2, 0.25) is 5.15 Å². The van der Waals surface area contributed by atoms with Crippen LogP contribution < -0.4 is 10.1 Å². The van der Waals surface area contributed by atoms with Crippen LogP contribution in [0.4, 0.5) is 5.69 Å². The molecule has 3 aromatic rings. The van der Waals surface area contributed by atoms with Gasteiger partial charge in [0.05, 0.1) is 19.2 Å². The van der Waals surface area contributed by atoms with Gasteiger partial charge in [-0.2, -0.15) is 0 Å². The van der Waals surface area contributed by atoms with Gasteiger partial charge in [-0.25, -0.2) is 4.98 Å². The number of aromatic nitrogens is 1. The van der Waals surface area contributed by atoms with Crippen molar-refractivity contribution in [3.63, 3.8) is 0 Å². The molecule has 7 heteroatoms. The summed E-state index contributed by atoms with van der Waals surface area (Å²) in [6.45, 7) is 5.82. The van der Waals surface area contributed by atoms with Crippen LogP contribution in [0, 0.1) is 13.8 Å². The minimum absolute atomic E-state index is 0.489. The van der Waals surface area contributed by atoms with Crippen molar-refractivity contribution >= 4 is 45.5 Å². The monoisotopic (exact) mass is 443 g/mol. The SMILES string of the molecule is COCCN(Cc1cc2ccc(C)c(C)c2nc1Cl)C(=S)Nc1cccc(OC)c1. The molecule has 30 heavy (non-hydrogen) atoms. The van der Waals surface area contributed by atoms with Crippen molar-refractivity contribution in [1.29, 1.82) is 0 Å². The van der Waals surface area contributed by atoms with Gasteiger partial charge in [0.25, 0.3) is 0 Å². The van der Waals surface area contributed by atoms with Crippen LogP contribution in [-0.2, 0) is 11.3 Å². The van der Waals surface area contributed by atoms with Crippen LogP contribution in [0.1, 0.15) is 16.7 Å². The largest absolute Gasteiger partial charge is 0.497 e. The fraction of sp³-hybridized carbons (Fsp3) is 0.304. The second-order valence-corrected chi connectivity index (χ2v) is 7.84. The van der Waals surface area contributed by atoms with Crippen molar-refractivity contribution in [3.8, 4) is 5.75 Å². The number of aryl methyl sites for hydroxylation is 2. The number of nitrogens with zero attached hydrogens (tertiary/aromatic N) is 2. The maximum atomic E-state index is 6.56. The molecule has 1 aromatic heterocycles. The summed E-state index contributed by atoms with van der Waals surface area (Å²) >= 11 is 12.2. The fourth-order valence-electron chi connectivity index (χ4n) is 3.18. The van der Waals surface area contributed by atoms with E-state index in [-0.39, 0.29) is 0 Å². The molecule has 0 aliphatic carbocycles. The number of hydrogen-bond acceptors (Lipinski definition) is 4. The number of nitrogens with one attached hydrogen (secondary N) is 1. The van der Waals surface area contributed by atoms with Gasteiger partial charge in [-0.15, -0.1) is 0 Å². The summed E-state index contributed by atoms with van der Waals surface area (Å²) in [4.78, 5) is 6.68. The third kappa shape index (κ3) is 5.19. The van der Waals surface area contributed by atoms with Crippen LogP contribution in [-0.4, -0.2) is 42.4 Å². The Balaban J connectivity index is 1.86. The second kappa shape index (κ2) is 10.1. The normalized spacial score (nSPS) is 10.8. The highest BCUT2D eigenvalue weighted by molar-refractivity contribution is 7.80. The maximum absolute atomic E-state index is 6.56. The van der Waals surface area contributed by atoms with Crippen molar-refractivity contribution in [2.75, 3.05) is 32.7 Å². The van der Waals surface area contributed by atoms with Crippen molar-refractivity contribution < 1.29 is 9.47 Å². The number of rotatable bonds is 7. The Hall–Kier alpha value is -2.41. The number of methoxy groups -OCH3 is 2. The average molecular weight is 444 g/mol. The van der Waals surface area contributed by atoms with Crippen LogP contribution in [0.15, 0.2) is 42.5 Å². The Labute approximate surface area is 188 Å². The molecule has 2 aromatic carbocycles. The molecule has 158 valence electrons. The first-order chi connectivity index (χ1) is 14.4. The zero-order chi connectivity index (χ0) is 21.7. The van der Waals surface area contributed by atoms with Crippen LogP contribution in [0.25, 0.3) is 10.9 Å². The Morgan fingerprint density at radius 1 is 1.17 bits per heavy atom. The highest BCUT2D eigenvalue weighted by Gasteiger charge is 2.15. The zero-order valence-electron chi connectivity index (χ0n) is 17.7. The highest BCUT2D eigenvalue weighted by atomic mass is 35.5. The van der Waals surface area contributed by atoms with Gasteiger partial charge in [0, 0.05) is 42.9 Å². The lowest BCUT2D eigenvalue weighted by atomic mass is 10.0. The molecule has 0 fully saturated rings. The van der Waals surface area contributed by atoms with Gasteiger partial charge in [-0.1, -0.05) is 29.8 Å². The fourth-order valence-corrected chi connectivity index (χ4v) is 3.65. The molecule has 0 bridgehead atoms. The lowest BCUT2D eigenvalue weighted by molar-refractivity contribution is 0.175. The van der Waals surface area contributed by atoms with E-state index in [1.165, 1.54) is 5.56 Å². The number of thiocarbonyl (C=S) groups is 1. The lowest BCUT2D eigenvalue weighted by Crippen LogP contribution is -2.36. The van der Waals surface area contributed by atoms with Gasteiger partial charge in [-0.3, -0.25) is 0 Å². The van der Waals surface area contributed by atoms with E-state index in [2.05, 4.69) is 42.3 Å². The summed E-state index contributed by atoms with van der Waals surface area (Å²) in [6, 6.07) is 13.9. The quantitative estimate of drug-likeness (QED) is 0.392. The molecule has 0 radical (unpaired) electrons. The van der Waals surface area contributed by atoms with Gasteiger partial charge in [0.15, 0.2) is 5.11 Å². The number of hydrogen-bond donors (Lipinski definition) is 1. The number of fused-ring (bicyclic) bond motifs is 1. The van der Waals surface area contributed by atoms with E-state index in [4.69, 9.17) is 33.3 Å². The summed E-state index contributed by atoms with van der Waals surface area (Å²) < 4.78 is 10.6. The minimum atomic E-state index is 0.489. The van der Waals surface area contributed by atoms with Crippen LogP contribution in [0.3, 0.4) is 0 Å². The standard InChI is InChI=1S/C23H26ClN3O2S/c1-15-8-9-17-12-18(22(24)26-21(17)16(15)2)14-27(10-11-28-3)23(30)25-19-6-5-7-20(13-19)29-4/h5-9,12-13H,10-11,14H2,1-4H3,(H,25,30). The molecule has 0 saturated heterocycles. The van der Waals surface area contributed by atoms with E-state index in [1.807, 2.05) is 29.2 Å². The van der Waals surface area contributed by atoms with Gasteiger partial charge in [0.1, 0.15) is 10.9 Å². The number of pyridine rings is 1. The Morgan fingerprint density at radius 2 is 1.97 bits per heavy atom. The molecular weight excluding hydrogens is 418 g/mol. The Morgan fingerprint density at radius 3 is 2.70 bits per heavy atom. The molecule has 3 rings (SSSR count). The second-order valence-electron chi connectivity index (χ2n) is 7.09. The first-order valence-electron chi connectivity index (χ1n) is 9.67. The molecule has 0 aliphatic rings. The minimum Gasteiger partial charge on any atom is -0.497 e. The van der Waals surface area contributed by atoms with Crippen molar-refractivity contribution in [2.24, 2.45) is 0 Å². The third-order valence-electron chi connectivity index (χ3n) is 5.07. The van der Waals surface area contributed by atoms with E-state index >= 15 is 0 Å². The summed E-state index contributed by atoms with van der Waals surface area (Å²) in [5, 5.41) is 5.41. The molecule has 0 spiro atoms. The number of benzene rings is 2. The van der Waals surface area contributed by atoms with Gasteiger partial charge < -0.3 is 19.7 Å². The summed E-state index contributed by atoms with van der Waals surface area (Å²) in [7, 11) is 3.31. The first-order valence-corrected chi connectivity index (χ1v) is 10.5. The third-order valence-corrected chi connectivity index (χ3v) is 5.76. The molecule has 0 saturated carbocycles. The first kappa shape index (κ1) is 22.3. The molecule has 0 unspecified atom stereocenters. The van der Waals surface area contributed by atoms with E-state index in [9.17, 15) is 0 Å². The molecular formula is C23H26ClN3O2S. The van der Waals surface area contributed by atoms with Crippen molar-refractivity contribution in [1.82, 2.24) is 9.88 Å². The average Bonchev–Trinajstić information content (AvgIpc) is 2.74. The highest BCUT2D eigenvalue weighted by Crippen LogP contribution is 2.26. The van der Waals surface area contributed by atoms with E-state index in [0.29, 0.717) is 30.0 Å². The topological polar surface area (TPSA) is 46.6 Å². The molecule has 0 aliphatic heterocycles. The van der Waals surface area contributed by atoms with Crippen molar-refractivity contribution in [2.45, 2.75) is 20.4 Å². The molecule has 1 N–H and O–H groups in total. The predicted octanol–water partition coefficient (Wildman–Crippen LogP) is 5.36. The maximum Gasteiger partial charge on any atom is 0.173 e. The predicted molar refractivity (Wildman–Crippen MR) is 128 cm³/mol. The number of ether oxygens (including phenoxy) is 2. The summed E-state index contributed by atoms with van der Waals surface area (Å²) in [6.07, 6.45) is 0. The van der Waals surface area contributed by atoms with E-state index in [1.54, 1.807) is 14.2 Å². The number of anilines is 1. The van der Waals surface area contributed by atoms with Gasteiger partial charge in [-0.05, 0) is 55.4 Å². The Bertz CT molecular complexity index is 1060. The molecule has 0 amide bonds. The van der Waals surface area contributed by atoms with Crippen LogP contribution in [0.5, 0.6) is 5.75 Å². The van der Waals surface area contributed by atoms with E-state index < -0.39 is 0 Å². The smallest absolute Gasteiger partial charge is 0.173 e. The zero-order valence-corrected chi connectivity index (χ0v) is 19.2. The van der Waals surface area contributed by atoms with E-state index in [0.717, 1.165) is 33.5 Å². The summed E-state index contributed by atoms with van der Waals surface area (Å²) in [5.41, 5.74) is 5.05. The summed E-state index contributed by atoms with van der Waals surface area (Å²) in [5.74, 6) is 0.763. The lowest BCUT2D eigenvalue weighted by Gasteiger charge is -2.26. The van der Waals surface area contributed by atoms with Crippen LogP contribution >= 0.6 is 23.8 Å².